The molecule has 0 saturated heterocycles. The van der Waals surface area contributed by atoms with Crippen LogP contribution in [0.4, 0.5) is 0 Å². The van der Waals surface area contributed by atoms with Crippen molar-refractivity contribution in [3.63, 3.8) is 0 Å². The van der Waals surface area contributed by atoms with E-state index in [1.165, 1.54) is 64.6 Å². The number of benzene rings is 2. The van der Waals surface area contributed by atoms with Crippen molar-refractivity contribution in [2.75, 3.05) is 0 Å². The average molecular weight is 450 g/mol. The number of halogens is 2. The highest BCUT2D eigenvalue weighted by Gasteiger charge is 2.21. The fourth-order valence-corrected chi connectivity index (χ4v) is 5.83. The Bertz CT molecular complexity index is 645. The van der Waals surface area contributed by atoms with Gasteiger partial charge in [0.2, 0.25) is 0 Å². The van der Waals surface area contributed by atoms with Crippen molar-refractivity contribution in [2.24, 2.45) is 0 Å². The Balaban J connectivity index is 2.29. The predicted octanol–water partition coefficient (Wildman–Crippen LogP) is 6.95. The zero-order valence-electron chi connectivity index (χ0n) is 15.6. The van der Waals surface area contributed by atoms with Gasteiger partial charge in [-0.2, -0.15) is 0 Å². The predicted molar refractivity (Wildman–Crippen MR) is 112 cm³/mol. The molecule has 0 heterocycles. The first-order valence-corrected chi connectivity index (χ1v) is 10.4. The van der Waals surface area contributed by atoms with Crippen molar-refractivity contribution in [3.8, 4) is 0 Å². The summed E-state index contributed by atoms with van der Waals surface area (Å²) in [5.74, 6) is 0. The van der Waals surface area contributed by atoms with Crippen molar-refractivity contribution in [1.29, 1.82) is 0 Å². The molecule has 0 aromatic heterocycles. The molecule has 0 N–H and O–H groups in total. The highest BCUT2D eigenvalue weighted by Crippen LogP contribution is 2.38. The van der Waals surface area contributed by atoms with E-state index in [2.05, 4.69) is 73.4 Å². The smallest absolute Gasteiger partial charge is 0.0242 e. The molecule has 0 atom stereocenters. The third-order valence-corrected chi connectivity index (χ3v) is 8.43. The monoisotopic (exact) mass is 448 g/mol. The first kappa shape index (κ1) is 18.2. The fraction of sp³-hybridized carbons (Fsp3) is 0.455. The van der Waals surface area contributed by atoms with Crippen molar-refractivity contribution in [3.05, 3.63) is 64.6 Å². The molecule has 0 fully saturated rings. The van der Waals surface area contributed by atoms with Crippen LogP contribution in [-0.2, 0) is 25.7 Å². The zero-order valence-corrected chi connectivity index (χ0v) is 18.8. The maximum absolute atomic E-state index is 3.91. The summed E-state index contributed by atoms with van der Waals surface area (Å²) in [5.41, 5.74) is 14.8. The maximum Gasteiger partial charge on any atom is 0.0242 e. The lowest BCUT2D eigenvalue weighted by atomic mass is 9.83. The SMILES string of the molecule is Cc1c(C)c2c(Br)c(C)c1CCc1c(C)c(C)c(c(C)c1Br)CC2. The van der Waals surface area contributed by atoms with E-state index < -0.39 is 0 Å². The van der Waals surface area contributed by atoms with E-state index in [0.717, 1.165) is 25.7 Å². The molecule has 24 heavy (non-hydrogen) atoms. The van der Waals surface area contributed by atoms with Crippen molar-refractivity contribution in [1.82, 2.24) is 0 Å². The second-order valence-electron chi connectivity index (χ2n) is 7.29. The lowest BCUT2D eigenvalue weighted by Crippen LogP contribution is -2.11. The van der Waals surface area contributed by atoms with Gasteiger partial charge in [-0.25, -0.2) is 0 Å². The summed E-state index contributed by atoms with van der Waals surface area (Å²) >= 11 is 7.83. The van der Waals surface area contributed by atoms with Gasteiger partial charge in [0.15, 0.2) is 0 Å². The normalized spacial score (nSPS) is 14.0. The summed E-state index contributed by atoms with van der Waals surface area (Å²) in [7, 11) is 0. The number of hydrogen-bond donors (Lipinski definition) is 0. The topological polar surface area (TPSA) is 0 Å². The van der Waals surface area contributed by atoms with Gasteiger partial charge in [-0.1, -0.05) is 31.9 Å². The quantitative estimate of drug-likeness (QED) is 0.408. The number of hydrogen-bond acceptors (Lipinski definition) is 0. The maximum atomic E-state index is 3.91. The molecule has 2 heteroatoms. The van der Waals surface area contributed by atoms with E-state index >= 15 is 0 Å². The van der Waals surface area contributed by atoms with Gasteiger partial charge in [-0.05, 0) is 123 Å². The highest BCUT2D eigenvalue weighted by molar-refractivity contribution is 9.10. The zero-order chi connectivity index (χ0) is 17.8. The highest BCUT2D eigenvalue weighted by atomic mass is 79.9. The Morgan fingerprint density at radius 2 is 0.667 bits per heavy atom. The van der Waals surface area contributed by atoms with Crippen LogP contribution in [0.5, 0.6) is 0 Å². The molecular weight excluding hydrogens is 424 g/mol. The third-order valence-electron chi connectivity index (χ3n) is 6.28. The molecule has 4 aliphatic rings. The van der Waals surface area contributed by atoms with Crippen LogP contribution in [0.2, 0.25) is 0 Å². The molecule has 0 radical (unpaired) electrons. The van der Waals surface area contributed by atoms with Crippen LogP contribution in [0.1, 0.15) is 55.6 Å². The van der Waals surface area contributed by atoms with Gasteiger partial charge in [0.05, 0.1) is 0 Å². The van der Waals surface area contributed by atoms with E-state index in [9.17, 15) is 0 Å². The Hall–Kier alpha value is -0.600. The molecule has 0 saturated carbocycles. The van der Waals surface area contributed by atoms with Crippen LogP contribution in [0.25, 0.3) is 0 Å². The molecule has 2 aromatic carbocycles. The lowest BCUT2D eigenvalue weighted by Gasteiger charge is -2.25. The van der Waals surface area contributed by atoms with Crippen LogP contribution < -0.4 is 0 Å². The minimum Gasteiger partial charge on any atom is -0.0502 e. The standard InChI is InChI=1S/C22H26Br2/c1-11-13(3)19-10-8-18-12(2)14(4)20(22(24)16(18)6)9-7-17(11)15(5)21(19)23/h7-10H2,1-6H3. The Morgan fingerprint density at radius 1 is 0.417 bits per heavy atom. The first-order valence-electron chi connectivity index (χ1n) is 8.79. The summed E-state index contributed by atoms with van der Waals surface area (Å²) in [4.78, 5) is 0. The van der Waals surface area contributed by atoms with Crippen LogP contribution in [-0.4, -0.2) is 0 Å². The minimum absolute atomic E-state index is 1.10. The average Bonchev–Trinajstić information content (AvgIpc) is 2.55. The van der Waals surface area contributed by atoms with Crippen molar-refractivity contribution in [2.45, 2.75) is 67.2 Å². The molecule has 0 aliphatic heterocycles. The number of rotatable bonds is 0. The van der Waals surface area contributed by atoms with E-state index in [1.54, 1.807) is 0 Å². The van der Waals surface area contributed by atoms with Gasteiger partial charge in [0.25, 0.3) is 0 Å². The van der Waals surface area contributed by atoms with E-state index in [4.69, 9.17) is 0 Å². The summed E-state index contributed by atoms with van der Waals surface area (Å²) in [6.45, 7) is 13.8. The summed E-state index contributed by atoms with van der Waals surface area (Å²) < 4.78 is 2.67. The lowest BCUT2D eigenvalue weighted by molar-refractivity contribution is 0.859. The third kappa shape index (κ3) is 2.70. The van der Waals surface area contributed by atoms with Gasteiger partial charge < -0.3 is 0 Å². The second-order valence-corrected chi connectivity index (χ2v) is 8.88. The Morgan fingerprint density at radius 3 is 1.00 bits per heavy atom. The fourth-order valence-electron chi connectivity index (χ4n) is 4.36. The summed E-state index contributed by atoms with van der Waals surface area (Å²) in [6, 6.07) is 0. The molecule has 4 aliphatic carbocycles. The Labute approximate surface area is 163 Å². The van der Waals surface area contributed by atoms with E-state index in [0.29, 0.717) is 0 Å². The molecule has 0 amide bonds. The van der Waals surface area contributed by atoms with Crippen LogP contribution in [0.3, 0.4) is 0 Å². The molecule has 0 unspecified atom stereocenters. The van der Waals surface area contributed by atoms with Gasteiger partial charge in [0, 0.05) is 8.95 Å². The molecule has 128 valence electrons. The van der Waals surface area contributed by atoms with E-state index in [1.807, 2.05) is 0 Å². The largest absolute Gasteiger partial charge is 0.0502 e. The van der Waals surface area contributed by atoms with Gasteiger partial charge in [0.1, 0.15) is 0 Å². The van der Waals surface area contributed by atoms with Gasteiger partial charge in [-0.15, -0.1) is 0 Å². The summed E-state index contributed by atoms with van der Waals surface area (Å²) in [6.07, 6.45) is 4.41. The van der Waals surface area contributed by atoms with Crippen molar-refractivity contribution >= 4 is 31.9 Å². The minimum atomic E-state index is 1.10. The van der Waals surface area contributed by atoms with Crippen LogP contribution >= 0.6 is 31.9 Å². The molecule has 4 bridgehead atoms. The molecule has 2 aromatic rings. The van der Waals surface area contributed by atoms with Gasteiger partial charge in [-0.3, -0.25) is 0 Å². The van der Waals surface area contributed by atoms with E-state index in [-0.39, 0.29) is 0 Å². The molecule has 6 rings (SSSR count). The van der Waals surface area contributed by atoms with Crippen molar-refractivity contribution < 1.29 is 0 Å². The van der Waals surface area contributed by atoms with Crippen LogP contribution in [0.15, 0.2) is 8.95 Å². The Kier molecular flexibility index (Phi) is 5.01. The molecule has 0 spiro atoms. The summed E-state index contributed by atoms with van der Waals surface area (Å²) in [5, 5.41) is 0. The first-order chi connectivity index (χ1) is 11.3. The van der Waals surface area contributed by atoms with Crippen LogP contribution in [0, 0.1) is 41.5 Å². The molecule has 0 nitrogen and oxygen atoms in total. The molecular formula is C22H26Br2. The second kappa shape index (κ2) is 6.61. The van der Waals surface area contributed by atoms with Gasteiger partial charge >= 0.3 is 0 Å².